The Labute approximate surface area is 74.9 Å². The third-order valence-corrected chi connectivity index (χ3v) is 1.60. The summed E-state index contributed by atoms with van der Waals surface area (Å²) in [4.78, 5) is 0. The fourth-order valence-electron chi connectivity index (χ4n) is 1.29. The molecule has 0 aromatic carbocycles. The zero-order valence-corrected chi connectivity index (χ0v) is 7.95. The van der Waals surface area contributed by atoms with Crippen LogP contribution in [-0.2, 0) is 0 Å². The van der Waals surface area contributed by atoms with Crippen LogP contribution in [0.3, 0.4) is 0 Å². The Morgan fingerprint density at radius 3 is 1.92 bits per heavy atom. The van der Waals surface area contributed by atoms with E-state index in [1.165, 1.54) is 0 Å². The minimum absolute atomic E-state index is 0.321. The van der Waals surface area contributed by atoms with Crippen molar-refractivity contribution in [3.8, 4) is 0 Å². The summed E-state index contributed by atoms with van der Waals surface area (Å²) < 4.78 is 0. The summed E-state index contributed by atoms with van der Waals surface area (Å²) in [5, 5.41) is 18.3. The molecule has 0 aromatic heterocycles. The van der Waals surface area contributed by atoms with Gasteiger partial charge in [-0.1, -0.05) is 6.08 Å². The minimum atomic E-state index is -0.321. The highest BCUT2D eigenvalue weighted by atomic mass is 16.3. The first kappa shape index (κ1) is 11.7. The fraction of sp³-hybridized carbons (Fsp3) is 0.700. The largest absolute Gasteiger partial charge is 0.393 e. The van der Waals surface area contributed by atoms with Gasteiger partial charge < -0.3 is 10.2 Å². The van der Waals surface area contributed by atoms with Crippen LogP contribution in [0.25, 0.3) is 0 Å². The van der Waals surface area contributed by atoms with Gasteiger partial charge in [-0.15, -0.1) is 6.58 Å². The molecule has 0 fully saturated rings. The van der Waals surface area contributed by atoms with Crippen molar-refractivity contribution in [2.45, 2.75) is 45.3 Å². The summed E-state index contributed by atoms with van der Waals surface area (Å²) in [6.45, 7) is 7.14. The number of rotatable bonds is 6. The molecule has 0 aromatic rings. The second-order valence-electron chi connectivity index (χ2n) is 3.35. The predicted octanol–water partition coefficient (Wildman–Crippen LogP) is 1.68. The van der Waals surface area contributed by atoms with E-state index in [-0.39, 0.29) is 12.2 Å². The molecule has 2 heteroatoms. The molecule has 2 N–H and O–H groups in total. The zero-order valence-electron chi connectivity index (χ0n) is 7.95. The van der Waals surface area contributed by atoms with Crippen molar-refractivity contribution in [2.75, 3.05) is 0 Å². The van der Waals surface area contributed by atoms with E-state index in [2.05, 4.69) is 6.58 Å². The molecule has 0 amide bonds. The molecule has 2 unspecified atom stereocenters. The zero-order chi connectivity index (χ0) is 9.56. The normalized spacial score (nSPS) is 16.1. The summed E-state index contributed by atoms with van der Waals surface area (Å²) in [7, 11) is 0. The summed E-state index contributed by atoms with van der Waals surface area (Å²) in [6.07, 6.45) is 3.28. The smallest absolute Gasteiger partial charge is 0.0517 e. The Hall–Kier alpha value is -0.340. The van der Waals surface area contributed by atoms with E-state index in [4.69, 9.17) is 10.2 Å². The van der Waals surface area contributed by atoms with Gasteiger partial charge in [-0.05, 0) is 39.0 Å². The van der Waals surface area contributed by atoms with Crippen LogP contribution >= 0.6 is 0 Å². The van der Waals surface area contributed by atoms with E-state index in [0.717, 1.165) is 12.3 Å². The molecule has 0 aliphatic heterocycles. The van der Waals surface area contributed by atoms with Gasteiger partial charge in [0.15, 0.2) is 0 Å². The molecule has 0 bridgehead atoms. The summed E-state index contributed by atoms with van der Waals surface area (Å²) in [5.41, 5.74) is 0. The summed E-state index contributed by atoms with van der Waals surface area (Å²) in [5.74, 6) is 1.16. The highest BCUT2D eigenvalue weighted by molar-refractivity contribution is 4.97. The quantitative estimate of drug-likeness (QED) is 0.597. The first-order valence-corrected chi connectivity index (χ1v) is 4.36. The van der Waals surface area contributed by atoms with Gasteiger partial charge in [0.05, 0.1) is 12.2 Å². The topological polar surface area (TPSA) is 40.5 Å². The molecule has 71 valence electrons. The van der Waals surface area contributed by atoms with Gasteiger partial charge in [0.25, 0.3) is 0 Å². The van der Waals surface area contributed by atoms with Crippen molar-refractivity contribution < 1.29 is 10.2 Å². The van der Waals surface area contributed by atoms with Crippen LogP contribution in [0.5, 0.6) is 0 Å². The van der Waals surface area contributed by atoms with Gasteiger partial charge in [-0.2, -0.15) is 0 Å². The highest BCUT2D eigenvalue weighted by Crippen LogP contribution is 2.20. The Morgan fingerprint density at radius 1 is 1.25 bits per heavy atom. The molecule has 2 nitrogen and oxygen atoms in total. The van der Waals surface area contributed by atoms with Gasteiger partial charge >= 0.3 is 0 Å². The lowest BCUT2D eigenvalue weighted by Crippen LogP contribution is -2.13. The summed E-state index contributed by atoms with van der Waals surface area (Å²) >= 11 is 0. The van der Waals surface area contributed by atoms with Crippen LogP contribution in [0.15, 0.2) is 12.7 Å². The van der Waals surface area contributed by atoms with Crippen molar-refractivity contribution in [3.63, 3.8) is 0 Å². The number of aliphatic hydroxyl groups is 2. The first-order chi connectivity index (χ1) is 5.56. The van der Waals surface area contributed by atoms with Crippen LogP contribution in [0, 0.1) is 5.92 Å². The highest BCUT2D eigenvalue weighted by Gasteiger charge is 2.13. The minimum Gasteiger partial charge on any atom is -0.393 e. The first-order valence-electron chi connectivity index (χ1n) is 4.36. The van der Waals surface area contributed by atoms with Gasteiger partial charge in [0.2, 0.25) is 0 Å². The SMILES string of the molecule is C=CC[C](CC(C)O)CC(C)O. The van der Waals surface area contributed by atoms with Crippen LogP contribution in [0.1, 0.15) is 33.1 Å². The van der Waals surface area contributed by atoms with E-state index in [0.29, 0.717) is 12.8 Å². The lowest BCUT2D eigenvalue weighted by atomic mass is 9.93. The van der Waals surface area contributed by atoms with E-state index >= 15 is 0 Å². The van der Waals surface area contributed by atoms with Gasteiger partial charge in [0.1, 0.15) is 0 Å². The number of hydrogen-bond donors (Lipinski definition) is 2. The monoisotopic (exact) mass is 171 g/mol. The van der Waals surface area contributed by atoms with E-state index in [9.17, 15) is 0 Å². The number of allylic oxidation sites excluding steroid dienone is 1. The number of hydrogen-bond acceptors (Lipinski definition) is 2. The molecule has 0 aliphatic carbocycles. The molecule has 0 heterocycles. The second kappa shape index (κ2) is 6.21. The van der Waals surface area contributed by atoms with Gasteiger partial charge in [-0.25, -0.2) is 0 Å². The number of aliphatic hydroxyl groups excluding tert-OH is 2. The van der Waals surface area contributed by atoms with Crippen LogP contribution < -0.4 is 0 Å². The third-order valence-electron chi connectivity index (χ3n) is 1.60. The maximum atomic E-state index is 9.13. The Balaban J connectivity index is 3.77. The lowest BCUT2D eigenvalue weighted by Gasteiger charge is -2.17. The Kier molecular flexibility index (Phi) is 6.03. The van der Waals surface area contributed by atoms with E-state index in [1.54, 1.807) is 19.9 Å². The van der Waals surface area contributed by atoms with E-state index in [1.807, 2.05) is 0 Å². The molecule has 0 aliphatic rings. The van der Waals surface area contributed by atoms with Crippen LogP contribution in [-0.4, -0.2) is 22.4 Å². The van der Waals surface area contributed by atoms with E-state index < -0.39 is 0 Å². The fourth-order valence-corrected chi connectivity index (χ4v) is 1.29. The molecule has 0 spiro atoms. The predicted molar refractivity (Wildman–Crippen MR) is 50.7 cm³/mol. The average Bonchev–Trinajstić information content (AvgIpc) is 1.84. The van der Waals surface area contributed by atoms with Crippen molar-refractivity contribution in [2.24, 2.45) is 0 Å². The van der Waals surface area contributed by atoms with Crippen LogP contribution in [0.2, 0.25) is 0 Å². The summed E-state index contributed by atoms with van der Waals surface area (Å²) in [6, 6.07) is 0. The molecule has 2 atom stereocenters. The Bertz CT molecular complexity index is 109. The van der Waals surface area contributed by atoms with Crippen molar-refractivity contribution in [1.82, 2.24) is 0 Å². The molecule has 1 radical (unpaired) electrons. The van der Waals surface area contributed by atoms with Gasteiger partial charge in [-0.3, -0.25) is 0 Å². The van der Waals surface area contributed by atoms with Crippen molar-refractivity contribution in [1.29, 1.82) is 0 Å². The molecular weight excluding hydrogens is 152 g/mol. The molecular formula is C10H19O2. The average molecular weight is 171 g/mol. The third kappa shape index (κ3) is 6.38. The second-order valence-corrected chi connectivity index (χ2v) is 3.35. The van der Waals surface area contributed by atoms with Gasteiger partial charge in [0, 0.05) is 0 Å². The lowest BCUT2D eigenvalue weighted by molar-refractivity contribution is 0.162. The van der Waals surface area contributed by atoms with Crippen molar-refractivity contribution in [3.05, 3.63) is 18.6 Å². The molecule has 0 saturated carbocycles. The van der Waals surface area contributed by atoms with Crippen molar-refractivity contribution >= 4 is 0 Å². The maximum absolute atomic E-state index is 9.13. The standard InChI is InChI=1S/C10H19O2/c1-4-5-10(6-8(2)11)7-9(3)12/h4,8-9,11-12H,1,5-7H2,2-3H3. The maximum Gasteiger partial charge on any atom is 0.0517 e. The molecule has 0 rings (SSSR count). The molecule has 0 saturated heterocycles. The molecule has 12 heavy (non-hydrogen) atoms. The van der Waals surface area contributed by atoms with Crippen LogP contribution in [0.4, 0.5) is 0 Å². The Morgan fingerprint density at radius 2 is 1.67 bits per heavy atom.